The van der Waals surface area contributed by atoms with Crippen LogP contribution in [0.4, 0.5) is 0 Å². The predicted molar refractivity (Wildman–Crippen MR) is 112 cm³/mol. The second kappa shape index (κ2) is 8.32. The molecule has 0 radical (unpaired) electrons. The van der Waals surface area contributed by atoms with Gasteiger partial charge in [0.1, 0.15) is 11.5 Å². The summed E-state index contributed by atoms with van der Waals surface area (Å²) in [6.07, 6.45) is 2.25. The van der Waals surface area contributed by atoms with Crippen molar-refractivity contribution >= 4 is 21.8 Å². The summed E-state index contributed by atoms with van der Waals surface area (Å²) in [5, 5.41) is 10.8. The Balaban J connectivity index is 1.73. The molecule has 0 aliphatic heterocycles. The number of fused-ring (bicyclic) bond motifs is 2. The van der Waals surface area contributed by atoms with Gasteiger partial charge >= 0.3 is 0 Å². The Kier molecular flexibility index (Phi) is 5.44. The highest BCUT2D eigenvalue weighted by Gasteiger charge is 2.13. The summed E-state index contributed by atoms with van der Waals surface area (Å²) in [4.78, 5) is 9.08. The molecule has 4 rings (SSSR count). The van der Waals surface area contributed by atoms with Crippen molar-refractivity contribution in [1.82, 2.24) is 9.97 Å². The third-order valence-electron chi connectivity index (χ3n) is 4.63. The SMILES string of the molecule is COc1cc2c(Oc3cc4ccccc4nc3C)ccnc2cc1OCCCO. The van der Waals surface area contributed by atoms with Crippen LogP contribution in [-0.4, -0.2) is 35.4 Å². The highest BCUT2D eigenvalue weighted by atomic mass is 16.5. The van der Waals surface area contributed by atoms with Gasteiger partial charge in [-0.25, -0.2) is 4.98 Å². The van der Waals surface area contributed by atoms with E-state index in [0.29, 0.717) is 36.0 Å². The van der Waals surface area contributed by atoms with E-state index in [9.17, 15) is 0 Å². The molecule has 6 nitrogen and oxygen atoms in total. The van der Waals surface area contributed by atoms with E-state index in [4.69, 9.17) is 19.3 Å². The number of methoxy groups -OCH3 is 1. The lowest BCUT2D eigenvalue weighted by atomic mass is 10.1. The molecule has 2 heterocycles. The Bertz CT molecular complexity index is 1160. The number of hydrogen-bond acceptors (Lipinski definition) is 6. The molecule has 2 aromatic heterocycles. The molecule has 29 heavy (non-hydrogen) atoms. The van der Waals surface area contributed by atoms with E-state index in [2.05, 4.69) is 9.97 Å². The maximum Gasteiger partial charge on any atom is 0.163 e. The molecule has 1 N–H and O–H groups in total. The smallest absolute Gasteiger partial charge is 0.163 e. The molecule has 0 atom stereocenters. The van der Waals surface area contributed by atoms with Crippen molar-refractivity contribution in [3.63, 3.8) is 0 Å². The van der Waals surface area contributed by atoms with Crippen molar-refractivity contribution < 1.29 is 19.3 Å². The zero-order valence-corrected chi connectivity index (χ0v) is 16.4. The van der Waals surface area contributed by atoms with Gasteiger partial charge < -0.3 is 19.3 Å². The van der Waals surface area contributed by atoms with Crippen LogP contribution in [0.3, 0.4) is 0 Å². The van der Waals surface area contributed by atoms with Crippen LogP contribution in [0.25, 0.3) is 21.8 Å². The lowest BCUT2D eigenvalue weighted by molar-refractivity contribution is 0.228. The van der Waals surface area contributed by atoms with Crippen LogP contribution in [0.1, 0.15) is 12.1 Å². The van der Waals surface area contributed by atoms with Crippen LogP contribution < -0.4 is 14.2 Å². The van der Waals surface area contributed by atoms with Crippen molar-refractivity contribution in [2.24, 2.45) is 0 Å². The molecule has 0 saturated heterocycles. The Hall–Kier alpha value is -3.38. The number of hydrogen-bond donors (Lipinski definition) is 1. The summed E-state index contributed by atoms with van der Waals surface area (Å²) >= 11 is 0. The fourth-order valence-electron chi connectivity index (χ4n) is 3.15. The molecule has 0 spiro atoms. The molecular weight excluding hydrogens is 368 g/mol. The number of aromatic nitrogens is 2. The molecule has 4 aromatic rings. The van der Waals surface area contributed by atoms with E-state index in [0.717, 1.165) is 27.5 Å². The van der Waals surface area contributed by atoms with Gasteiger partial charge in [-0.1, -0.05) is 18.2 Å². The van der Waals surface area contributed by atoms with Crippen molar-refractivity contribution in [2.75, 3.05) is 20.3 Å². The number of aryl methyl sites for hydroxylation is 1. The minimum atomic E-state index is 0.0747. The summed E-state index contributed by atoms with van der Waals surface area (Å²) in [6, 6.07) is 15.4. The van der Waals surface area contributed by atoms with Gasteiger partial charge in [0.05, 0.1) is 30.4 Å². The number of rotatable bonds is 7. The summed E-state index contributed by atoms with van der Waals surface area (Å²) in [6.45, 7) is 2.40. The molecule has 0 bridgehead atoms. The first-order valence-electron chi connectivity index (χ1n) is 9.44. The largest absolute Gasteiger partial charge is 0.493 e. The summed E-state index contributed by atoms with van der Waals surface area (Å²) < 4.78 is 17.5. The van der Waals surface area contributed by atoms with Gasteiger partial charge in [0.15, 0.2) is 11.5 Å². The maximum absolute atomic E-state index is 8.96. The molecule has 148 valence electrons. The third kappa shape index (κ3) is 3.93. The van der Waals surface area contributed by atoms with Crippen LogP contribution in [0, 0.1) is 6.92 Å². The normalized spacial score (nSPS) is 11.0. The van der Waals surface area contributed by atoms with Gasteiger partial charge in [-0.15, -0.1) is 0 Å². The highest BCUT2D eigenvalue weighted by Crippen LogP contribution is 2.38. The quantitative estimate of drug-likeness (QED) is 0.463. The van der Waals surface area contributed by atoms with Gasteiger partial charge in [0, 0.05) is 36.1 Å². The van der Waals surface area contributed by atoms with Crippen LogP contribution in [0.5, 0.6) is 23.0 Å². The van der Waals surface area contributed by atoms with Crippen molar-refractivity contribution in [3.05, 3.63) is 60.4 Å². The van der Waals surface area contributed by atoms with Crippen molar-refractivity contribution in [1.29, 1.82) is 0 Å². The second-order valence-corrected chi connectivity index (χ2v) is 6.62. The van der Waals surface area contributed by atoms with Crippen LogP contribution in [0.2, 0.25) is 0 Å². The fraction of sp³-hybridized carbons (Fsp3) is 0.217. The van der Waals surface area contributed by atoms with Crippen molar-refractivity contribution in [2.45, 2.75) is 13.3 Å². The molecule has 6 heteroatoms. The topological polar surface area (TPSA) is 73.7 Å². The predicted octanol–water partition coefficient (Wildman–Crippen LogP) is 4.65. The number of aliphatic hydroxyl groups excluding tert-OH is 1. The average molecular weight is 390 g/mol. The lowest BCUT2D eigenvalue weighted by Crippen LogP contribution is -2.01. The zero-order chi connectivity index (χ0) is 20.2. The number of ether oxygens (including phenoxy) is 3. The Morgan fingerprint density at radius 3 is 2.62 bits per heavy atom. The number of aliphatic hydroxyl groups is 1. The average Bonchev–Trinajstić information content (AvgIpc) is 2.74. The first kappa shape index (κ1) is 19.0. The standard InChI is InChI=1S/C23H22N2O4/c1-15-21(12-16-6-3-4-7-18(16)25-15)29-20-8-9-24-19-14-23(28-11-5-10-26)22(27-2)13-17(19)20/h3-4,6-9,12-14,26H,5,10-11H2,1-2H3. The van der Waals surface area contributed by atoms with Gasteiger partial charge in [-0.05, 0) is 31.2 Å². The van der Waals surface area contributed by atoms with Gasteiger partial charge in [0.2, 0.25) is 0 Å². The lowest BCUT2D eigenvalue weighted by Gasteiger charge is -2.14. The maximum atomic E-state index is 8.96. The van der Waals surface area contributed by atoms with Crippen LogP contribution in [0.15, 0.2) is 54.7 Å². The van der Waals surface area contributed by atoms with Crippen molar-refractivity contribution in [3.8, 4) is 23.0 Å². The summed E-state index contributed by atoms with van der Waals surface area (Å²) in [5.74, 6) is 2.53. The number of benzene rings is 2. The van der Waals surface area contributed by atoms with Crippen LogP contribution >= 0.6 is 0 Å². The first-order valence-corrected chi connectivity index (χ1v) is 9.44. The second-order valence-electron chi connectivity index (χ2n) is 6.62. The number of para-hydroxylation sites is 1. The minimum absolute atomic E-state index is 0.0747. The Morgan fingerprint density at radius 1 is 0.931 bits per heavy atom. The van der Waals surface area contributed by atoms with E-state index in [1.807, 2.05) is 55.5 Å². The molecule has 0 unspecified atom stereocenters. The van der Waals surface area contributed by atoms with Crippen LogP contribution in [-0.2, 0) is 0 Å². The van der Waals surface area contributed by atoms with Gasteiger partial charge in [-0.3, -0.25) is 4.98 Å². The van der Waals surface area contributed by atoms with Gasteiger partial charge in [-0.2, -0.15) is 0 Å². The molecule has 0 aliphatic carbocycles. The zero-order valence-electron chi connectivity index (χ0n) is 16.4. The summed E-state index contributed by atoms with van der Waals surface area (Å²) in [5.41, 5.74) is 2.47. The Morgan fingerprint density at radius 2 is 1.79 bits per heavy atom. The van der Waals surface area contributed by atoms with E-state index < -0.39 is 0 Å². The fourth-order valence-corrected chi connectivity index (χ4v) is 3.15. The molecular formula is C23H22N2O4. The van der Waals surface area contributed by atoms with E-state index in [1.165, 1.54) is 0 Å². The van der Waals surface area contributed by atoms with E-state index in [1.54, 1.807) is 13.3 Å². The van der Waals surface area contributed by atoms with Gasteiger partial charge in [0.25, 0.3) is 0 Å². The molecule has 2 aromatic carbocycles. The first-order chi connectivity index (χ1) is 14.2. The molecule has 0 saturated carbocycles. The molecule has 0 amide bonds. The Labute approximate surface area is 168 Å². The number of nitrogens with zero attached hydrogens (tertiary/aromatic N) is 2. The monoisotopic (exact) mass is 390 g/mol. The van der Waals surface area contributed by atoms with E-state index >= 15 is 0 Å². The molecule has 0 aliphatic rings. The number of pyridine rings is 2. The minimum Gasteiger partial charge on any atom is -0.493 e. The third-order valence-corrected chi connectivity index (χ3v) is 4.63. The summed E-state index contributed by atoms with van der Waals surface area (Å²) in [7, 11) is 1.59. The molecule has 0 fully saturated rings. The highest BCUT2D eigenvalue weighted by molar-refractivity contribution is 5.88. The van der Waals surface area contributed by atoms with E-state index in [-0.39, 0.29) is 6.61 Å².